The van der Waals surface area contributed by atoms with Gasteiger partial charge in [-0.3, -0.25) is 5.11 Å². The van der Waals surface area contributed by atoms with Crippen molar-refractivity contribution in [2.75, 3.05) is 0 Å². The van der Waals surface area contributed by atoms with Crippen molar-refractivity contribution in [3.8, 4) is 11.5 Å². The molecule has 0 aliphatic carbocycles. The zero-order valence-corrected chi connectivity index (χ0v) is 11.0. The highest BCUT2D eigenvalue weighted by Gasteiger charge is 2.25. The van der Waals surface area contributed by atoms with E-state index in [1.54, 1.807) is 0 Å². The van der Waals surface area contributed by atoms with Crippen molar-refractivity contribution in [3.05, 3.63) is 23.3 Å². The fourth-order valence-electron chi connectivity index (χ4n) is 1.61. The summed E-state index contributed by atoms with van der Waals surface area (Å²) in [5.41, 5.74) is 1.40. The fourth-order valence-corrected chi connectivity index (χ4v) is 1.61. The molecule has 0 saturated heterocycles. The smallest absolute Gasteiger partial charge is 0.220 e. The van der Waals surface area contributed by atoms with Gasteiger partial charge in [0.05, 0.1) is 0 Å². The van der Waals surface area contributed by atoms with Gasteiger partial charge in [0, 0.05) is 5.56 Å². The van der Waals surface area contributed by atoms with E-state index in [9.17, 15) is 10.2 Å². The third-order valence-electron chi connectivity index (χ3n) is 2.75. The van der Waals surface area contributed by atoms with E-state index < -0.39 is 0 Å². The third-order valence-corrected chi connectivity index (χ3v) is 2.75. The average Bonchev–Trinajstić information content (AvgIpc) is 2.05. The first-order valence-electron chi connectivity index (χ1n) is 5.58. The summed E-state index contributed by atoms with van der Waals surface area (Å²) in [6.45, 7) is 12.2. The minimum absolute atomic E-state index is 0.0765. The summed E-state index contributed by atoms with van der Waals surface area (Å²) in [7, 11) is 0. The van der Waals surface area contributed by atoms with Gasteiger partial charge in [-0.2, -0.15) is 0 Å². The molecule has 1 aromatic rings. The molecule has 0 unspecified atom stereocenters. The van der Waals surface area contributed by atoms with Crippen LogP contribution in [0.4, 0.5) is 0 Å². The van der Waals surface area contributed by atoms with Gasteiger partial charge >= 0.3 is 0 Å². The number of rotatable bonds is 0. The second-order valence-corrected chi connectivity index (χ2v) is 6.37. The number of hydrogen-bond donors (Lipinski definition) is 1. The number of phenols is 1. The monoisotopic (exact) mass is 221 g/mol. The van der Waals surface area contributed by atoms with Gasteiger partial charge in [0.2, 0.25) is 5.75 Å². The molecule has 0 fully saturated rings. The molecule has 0 aromatic heterocycles. The van der Waals surface area contributed by atoms with Crippen molar-refractivity contribution in [2.24, 2.45) is 0 Å². The van der Waals surface area contributed by atoms with Gasteiger partial charge < -0.3 is 5.11 Å². The molecule has 0 amide bonds. The Morgan fingerprint density at radius 2 is 1.44 bits per heavy atom. The van der Waals surface area contributed by atoms with Crippen LogP contribution in [0.25, 0.3) is 0 Å². The molecule has 1 aromatic carbocycles. The largest absolute Gasteiger partial charge is 0.504 e. The first kappa shape index (κ1) is 12.9. The molecule has 1 rings (SSSR count). The Hall–Kier alpha value is -1.18. The highest BCUT2D eigenvalue weighted by atomic mass is 16.3. The summed E-state index contributed by atoms with van der Waals surface area (Å²) >= 11 is 0. The van der Waals surface area contributed by atoms with Crippen LogP contribution in [0.15, 0.2) is 12.1 Å². The van der Waals surface area contributed by atoms with Crippen LogP contribution < -0.4 is 0 Å². The Morgan fingerprint density at radius 1 is 0.938 bits per heavy atom. The lowest BCUT2D eigenvalue weighted by Gasteiger charge is -2.25. The van der Waals surface area contributed by atoms with Gasteiger partial charge in [0.15, 0.2) is 5.75 Å². The van der Waals surface area contributed by atoms with E-state index >= 15 is 0 Å². The van der Waals surface area contributed by atoms with Gasteiger partial charge in [-0.1, -0.05) is 47.6 Å². The van der Waals surface area contributed by atoms with Gasteiger partial charge in [0.1, 0.15) is 0 Å². The Kier molecular flexibility index (Phi) is 2.97. The minimum atomic E-state index is -0.280. The summed E-state index contributed by atoms with van der Waals surface area (Å²) < 4.78 is 0. The molecule has 1 N–H and O–H groups in total. The molecule has 2 heteroatoms. The van der Waals surface area contributed by atoms with Crippen LogP contribution >= 0.6 is 0 Å². The van der Waals surface area contributed by atoms with Crippen LogP contribution in [0, 0.1) is 0 Å². The van der Waals surface area contributed by atoms with Gasteiger partial charge in [-0.15, -0.1) is 0 Å². The summed E-state index contributed by atoms with van der Waals surface area (Å²) in [6, 6.07) is 3.47. The Balaban J connectivity index is 3.46. The topological polar surface area (TPSA) is 40.1 Å². The Bertz CT molecular complexity index is 392. The van der Waals surface area contributed by atoms with Crippen molar-refractivity contribution in [2.45, 2.75) is 52.4 Å². The molecule has 0 bridgehead atoms. The molecule has 1 radical (unpaired) electrons. The summed E-state index contributed by atoms with van der Waals surface area (Å²) in [6.07, 6.45) is 0. The Labute approximate surface area is 97.9 Å². The SMILES string of the molecule is CC(C)(C)c1cc([O])c(O)c(C(C)(C)C)c1. The molecule has 0 aliphatic rings. The number of benzene rings is 1. The quantitative estimate of drug-likeness (QED) is 0.703. The maximum absolute atomic E-state index is 11.7. The van der Waals surface area contributed by atoms with E-state index in [2.05, 4.69) is 20.8 Å². The molecular weight excluding hydrogens is 200 g/mol. The first-order chi connectivity index (χ1) is 7.03. The van der Waals surface area contributed by atoms with Crippen molar-refractivity contribution in [1.29, 1.82) is 0 Å². The first-order valence-corrected chi connectivity index (χ1v) is 5.58. The van der Waals surface area contributed by atoms with Crippen LogP contribution in [-0.4, -0.2) is 5.11 Å². The second-order valence-electron chi connectivity index (χ2n) is 6.37. The van der Waals surface area contributed by atoms with Gasteiger partial charge in [-0.05, 0) is 22.5 Å². The number of phenolic OH excluding ortho intramolecular Hbond substituents is 1. The summed E-state index contributed by atoms with van der Waals surface area (Å²) in [5.74, 6) is -0.391. The zero-order valence-electron chi connectivity index (χ0n) is 11.0. The number of aromatic hydroxyl groups is 1. The molecule has 0 heterocycles. The zero-order chi connectivity index (χ0) is 12.7. The predicted octanol–water partition coefficient (Wildman–Crippen LogP) is 4.13. The predicted molar refractivity (Wildman–Crippen MR) is 65.6 cm³/mol. The van der Waals surface area contributed by atoms with Crippen molar-refractivity contribution in [1.82, 2.24) is 0 Å². The van der Waals surface area contributed by atoms with Crippen molar-refractivity contribution in [3.63, 3.8) is 0 Å². The number of hydrogen-bond acceptors (Lipinski definition) is 1. The lowest BCUT2D eigenvalue weighted by Crippen LogP contribution is -2.16. The van der Waals surface area contributed by atoms with Crippen LogP contribution in [0.5, 0.6) is 11.5 Å². The lowest BCUT2D eigenvalue weighted by atomic mass is 9.80. The lowest BCUT2D eigenvalue weighted by molar-refractivity contribution is 0.317. The molecule has 0 aliphatic heterocycles. The molecule has 0 saturated carbocycles. The van der Waals surface area contributed by atoms with E-state index in [0.29, 0.717) is 0 Å². The van der Waals surface area contributed by atoms with Crippen molar-refractivity contribution < 1.29 is 10.2 Å². The summed E-state index contributed by atoms with van der Waals surface area (Å²) in [4.78, 5) is 0. The fraction of sp³-hybridized carbons (Fsp3) is 0.571. The maximum Gasteiger partial charge on any atom is 0.220 e. The van der Waals surface area contributed by atoms with Crippen LogP contribution in [0.1, 0.15) is 52.7 Å². The molecular formula is C14H21O2. The Morgan fingerprint density at radius 3 is 1.81 bits per heavy atom. The molecule has 16 heavy (non-hydrogen) atoms. The molecule has 2 nitrogen and oxygen atoms in total. The van der Waals surface area contributed by atoms with Gasteiger partial charge in [0.25, 0.3) is 0 Å². The highest BCUT2D eigenvalue weighted by molar-refractivity contribution is 5.51. The summed E-state index contributed by atoms with van der Waals surface area (Å²) in [5, 5.41) is 21.5. The maximum atomic E-state index is 11.7. The third kappa shape index (κ3) is 2.49. The second kappa shape index (κ2) is 3.69. The van der Waals surface area contributed by atoms with Crippen molar-refractivity contribution >= 4 is 0 Å². The molecule has 0 atom stereocenters. The minimum Gasteiger partial charge on any atom is -0.504 e. The molecule has 0 spiro atoms. The van der Waals surface area contributed by atoms with Crippen LogP contribution in [-0.2, 0) is 15.9 Å². The van der Waals surface area contributed by atoms with Crippen LogP contribution in [0.2, 0.25) is 0 Å². The highest BCUT2D eigenvalue weighted by Crippen LogP contribution is 2.40. The van der Waals surface area contributed by atoms with E-state index in [1.165, 1.54) is 6.07 Å². The van der Waals surface area contributed by atoms with Gasteiger partial charge in [-0.25, -0.2) is 0 Å². The van der Waals surface area contributed by atoms with E-state index in [4.69, 9.17) is 0 Å². The van der Waals surface area contributed by atoms with E-state index in [-0.39, 0.29) is 22.3 Å². The van der Waals surface area contributed by atoms with Crippen LogP contribution in [0.3, 0.4) is 0 Å². The standard InChI is InChI=1S/C14H21O2/c1-13(2,3)9-7-10(14(4,5)6)12(16)11(15)8-9/h7-8,16H,1-6H3. The van der Waals surface area contributed by atoms with E-state index in [1.807, 2.05) is 26.8 Å². The normalized spacial score (nSPS) is 12.9. The van der Waals surface area contributed by atoms with E-state index in [0.717, 1.165) is 11.1 Å². The molecule has 89 valence electrons. The average molecular weight is 221 g/mol.